The van der Waals surface area contributed by atoms with Crippen molar-refractivity contribution in [1.29, 1.82) is 0 Å². The number of esters is 1. The van der Waals surface area contributed by atoms with Crippen LogP contribution in [0.5, 0.6) is 0 Å². The number of carbonyl (C=O) groups is 1. The normalized spacial score (nSPS) is 11.4. The molecule has 3 aromatic rings. The predicted molar refractivity (Wildman–Crippen MR) is 99.8 cm³/mol. The molecule has 1 heterocycles. The van der Waals surface area contributed by atoms with Gasteiger partial charge in [-0.3, -0.25) is 4.72 Å². The quantitative estimate of drug-likeness (QED) is 0.679. The average molecular weight is 375 g/mol. The number of hydrogen-bond acceptors (Lipinski definition) is 5. The molecule has 1 N–H and O–H groups in total. The van der Waals surface area contributed by atoms with Gasteiger partial charge in [0.2, 0.25) is 0 Å². The average Bonchev–Trinajstić information content (AvgIpc) is 2.97. The summed E-state index contributed by atoms with van der Waals surface area (Å²) in [4.78, 5) is 12.3. The van der Waals surface area contributed by atoms with Gasteiger partial charge >= 0.3 is 5.97 Å². The van der Waals surface area contributed by atoms with Crippen LogP contribution < -0.4 is 4.72 Å². The first-order valence-corrected chi connectivity index (χ1v) is 10.0. The minimum absolute atomic E-state index is 0.0351. The Kier molecular flexibility index (Phi) is 4.78. The van der Waals surface area contributed by atoms with Gasteiger partial charge in [-0.2, -0.15) is 0 Å². The largest absolute Gasteiger partial charge is 0.462 e. The van der Waals surface area contributed by atoms with Gasteiger partial charge in [0.1, 0.15) is 9.77 Å². The Hall–Kier alpha value is -2.38. The zero-order chi connectivity index (χ0) is 18.0. The van der Waals surface area contributed by atoms with Gasteiger partial charge in [-0.25, -0.2) is 13.2 Å². The third-order valence-corrected chi connectivity index (χ3v) is 6.33. The summed E-state index contributed by atoms with van der Waals surface area (Å²) in [6.07, 6.45) is 0. The van der Waals surface area contributed by atoms with E-state index >= 15 is 0 Å². The van der Waals surface area contributed by atoms with E-state index in [-0.39, 0.29) is 16.4 Å². The summed E-state index contributed by atoms with van der Waals surface area (Å²) in [6.45, 7) is 3.78. The highest BCUT2D eigenvalue weighted by Gasteiger charge is 2.29. The topological polar surface area (TPSA) is 72.5 Å². The van der Waals surface area contributed by atoms with Crippen molar-refractivity contribution in [3.8, 4) is 0 Å². The van der Waals surface area contributed by atoms with Gasteiger partial charge < -0.3 is 4.74 Å². The zero-order valence-corrected chi connectivity index (χ0v) is 15.4. The van der Waals surface area contributed by atoms with Gasteiger partial charge in [0.15, 0.2) is 0 Å². The molecule has 0 bridgehead atoms. The Morgan fingerprint density at radius 3 is 2.48 bits per heavy atom. The maximum atomic E-state index is 13.0. The molecular formula is C18H17NO4S2. The predicted octanol–water partition coefficient (Wildman–Crippen LogP) is 4.19. The van der Waals surface area contributed by atoms with Crippen LogP contribution in [0.25, 0.3) is 10.1 Å². The van der Waals surface area contributed by atoms with Crippen molar-refractivity contribution in [3.05, 3.63) is 59.0 Å². The lowest BCUT2D eigenvalue weighted by Crippen LogP contribution is -2.16. The van der Waals surface area contributed by atoms with Crippen molar-refractivity contribution in [1.82, 2.24) is 0 Å². The van der Waals surface area contributed by atoms with Crippen LogP contribution >= 0.6 is 11.3 Å². The van der Waals surface area contributed by atoms with Crippen LogP contribution in [0, 0.1) is 6.92 Å². The van der Waals surface area contributed by atoms with Crippen LogP contribution in [0.2, 0.25) is 0 Å². The first-order chi connectivity index (χ1) is 11.9. The van der Waals surface area contributed by atoms with E-state index in [0.29, 0.717) is 11.1 Å². The summed E-state index contributed by atoms with van der Waals surface area (Å²) in [7, 11) is -3.94. The van der Waals surface area contributed by atoms with E-state index in [2.05, 4.69) is 4.72 Å². The molecule has 2 aromatic carbocycles. The fourth-order valence-corrected chi connectivity index (χ4v) is 5.30. The lowest BCUT2D eigenvalue weighted by atomic mass is 10.2. The van der Waals surface area contributed by atoms with Crippen LogP contribution in [-0.4, -0.2) is 21.0 Å². The van der Waals surface area contributed by atoms with Crippen molar-refractivity contribution in [2.24, 2.45) is 0 Å². The van der Waals surface area contributed by atoms with E-state index < -0.39 is 16.0 Å². The Morgan fingerprint density at radius 1 is 1.12 bits per heavy atom. The Bertz CT molecular complexity index is 1020. The molecule has 1 aromatic heterocycles. The van der Waals surface area contributed by atoms with Crippen molar-refractivity contribution in [3.63, 3.8) is 0 Å². The molecule has 0 unspecified atom stereocenters. The molecule has 0 aliphatic heterocycles. The second-order valence-corrected chi connectivity index (χ2v) is 8.12. The van der Waals surface area contributed by atoms with E-state index in [9.17, 15) is 13.2 Å². The highest BCUT2D eigenvalue weighted by atomic mass is 32.2. The first-order valence-electron chi connectivity index (χ1n) is 7.70. The molecule has 0 spiro atoms. The number of anilines is 1. The summed E-state index contributed by atoms with van der Waals surface area (Å²) in [5, 5.41) is 0.509. The number of thiophene rings is 1. The highest BCUT2D eigenvalue weighted by molar-refractivity contribution is 7.93. The molecule has 0 aliphatic carbocycles. The number of ether oxygens (including phenoxy) is 1. The number of sulfonamides is 1. The number of nitrogens with one attached hydrogen (secondary N) is 1. The standard InChI is InChI=1S/C18H17NO4S2/c1-3-23-18(20)16-17(14-6-4-5-7-15(14)24-16)25(21,22)19-13-10-8-12(2)9-11-13/h4-11,19H,3H2,1-2H3. The van der Waals surface area contributed by atoms with Gasteiger partial charge in [0, 0.05) is 15.8 Å². The molecule has 5 nitrogen and oxygen atoms in total. The van der Waals surface area contributed by atoms with Crippen LogP contribution in [-0.2, 0) is 14.8 Å². The summed E-state index contributed by atoms with van der Waals surface area (Å²) in [5.74, 6) is -0.631. The SMILES string of the molecule is CCOC(=O)c1sc2ccccc2c1S(=O)(=O)Nc1ccc(C)cc1. The maximum absolute atomic E-state index is 13.0. The van der Waals surface area contributed by atoms with E-state index in [1.807, 2.05) is 19.1 Å². The van der Waals surface area contributed by atoms with Crippen LogP contribution in [0.15, 0.2) is 53.4 Å². The molecular weight excluding hydrogens is 358 g/mol. The van der Waals surface area contributed by atoms with Gasteiger partial charge in [-0.15, -0.1) is 11.3 Å². The van der Waals surface area contributed by atoms with E-state index in [4.69, 9.17) is 4.74 Å². The second kappa shape index (κ2) is 6.85. The zero-order valence-electron chi connectivity index (χ0n) is 13.8. The lowest BCUT2D eigenvalue weighted by Gasteiger charge is -2.09. The van der Waals surface area contributed by atoms with E-state index in [1.165, 1.54) is 0 Å². The van der Waals surface area contributed by atoms with Crippen LogP contribution in [0.4, 0.5) is 5.69 Å². The number of rotatable bonds is 5. The van der Waals surface area contributed by atoms with E-state index in [0.717, 1.165) is 21.6 Å². The fraction of sp³-hybridized carbons (Fsp3) is 0.167. The summed E-state index contributed by atoms with van der Waals surface area (Å²) < 4.78 is 34.3. The van der Waals surface area contributed by atoms with Crippen LogP contribution in [0.3, 0.4) is 0 Å². The van der Waals surface area contributed by atoms with Gasteiger partial charge in [-0.1, -0.05) is 35.9 Å². The van der Waals surface area contributed by atoms with Crippen LogP contribution in [0.1, 0.15) is 22.2 Å². The number of aryl methyl sites for hydroxylation is 1. The van der Waals surface area contributed by atoms with Crippen molar-refractivity contribution in [2.45, 2.75) is 18.7 Å². The molecule has 0 atom stereocenters. The molecule has 0 amide bonds. The third kappa shape index (κ3) is 3.52. The number of fused-ring (bicyclic) bond motifs is 1. The van der Waals surface area contributed by atoms with Gasteiger partial charge in [0.25, 0.3) is 10.0 Å². The monoisotopic (exact) mass is 375 g/mol. The molecule has 3 rings (SSSR count). The van der Waals surface area contributed by atoms with E-state index in [1.54, 1.807) is 43.3 Å². The van der Waals surface area contributed by atoms with Crippen molar-refractivity contribution < 1.29 is 17.9 Å². The van der Waals surface area contributed by atoms with Crippen molar-refractivity contribution in [2.75, 3.05) is 11.3 Å². The first kappa shape index (κ1) is 17.4. The number of hydrogen-bond donors (Lipinski definition) is 1. The summed E-state index contributed by atoms with van der Waals surface area (Å²) in [6, 6.07) is 14.0. The molecule has 7 heteroatoms. The Balaban J connectivity index is 2.13. The maximum Gasteiger partial charge on any atom is 0.349 e. The van der Waals surface area contributed by atoms with Gasteiger partial charge in [0.05, 0.1) is 6.61 Å². The third-order valence-electron chi connectivity index (χ3n) is 3.58. The summed E-state index contributed by atoms with van der Waals surface area (Å²) >= 11 is 1.12. The Morgan fingerprint density at radius 2 is 1.80 bits per heavy atom. The fourth-order valence-electron chi connectivity index (χ4n) is 2.45. The van der Waals surface area contributed by atoms with Gasteiger partial charge in [-0.05, 0) is 32.0 Å². The molecule has 25 heavy (non-hydrogen) atoms. The second-order valence-electron chi connectivity index (χ2n) is 5.45. The minimum atomic E-state index is -3.94. The molecule has 0 aliphatic rings. The molecule has 130 valence electrons. The summed E-state index contributed by atoms with van der Waals surface area (Å²) in [5.41, 5.74) is 1.46. The molecule has 0 saturated carbocycles. The van der Waals surface area contributed by atoms with Crippen molar-refractivity contribution >= 4 is 43.1 Å². The number of carbonyl (C=O) groups excluding carboxylic acids is 1. The molecule has 0 fully saturated rings. The number of benzene rings is 2. The lowest BCUT2D eigenvalue weighted by molar-refractivity contribution is 0.0528. The minimum Gasteiger partial charge on any atom is -0.462 e. The molecule has 0 radical (unpaired) electrons. The highest BCUT2D eigenvalue weighted by Crippen LogP contribution is 2.36. The molecule has 0 saturated heterocycles. The smallest absolute Gasteiger partial charge is 0.349 e. The Labute approximate surface area is 150 Å².